The molecule has 1 saturated heterocycles. The summed E-state index contributed by atoms with van der Waals surface area (Å²) in [6.45, 7) is 6.46. The number of hydrogen-bond donors (Lipinski definition) is 1. The van der Waals surface area contributed by atoms with Crippen LogP contribution in [-0.2, 0) is 35.0 Å². The molecule has 1 amide bonds. The number of halogens is 1. The van der Waals surface area contributed by atoms with Gasteiger partial charge in [0.25, 0.3) is 0 Å². The fourth-order valence-electron chi connectivity index (χ4n) is 3.98. The first-order valence-corrected chi connectivity index (χ1v) is 11.4. The van der Waals surface area contributed by atoms with Crippen molar-refractivity contribution in [1.82, 2.24) is 5.32 Å². The normalized spacial score (nSPS) is 21.6. The Morgan fingerprint density at radius 2 is 1.74 bits per heavy atom. The third kappa shape index (κ3) is 7.26. The summed E-state index contributed by atoms with van der Waals surface area (Å²) in [7, 11) is 0. The van der Waals surface area contributed by atoms with E-state index in [1.807, 2.05) is 13.0 Å². The average Bonchev–Trinajstić information content (AvgIpc) is 2.78. The van der Waals surface area contributed by atoms with Gasteiger partial charge in [-0.3, -0.25) is 14.4 Å². The van der Waals surface area contributed by atoms with Gasteiger partial charge in [-0.1, -0.05) is 25.1 Å². The number of carbonyl (C=O) groups excluding carboxylic acids is 3. The summed E-state index contributed by atoms with van der Waals surface area (Å²) >= 11 is 0. The number of benzene rings is 2. The molecule has 4 atom stereocenters. The van der Waals surface area contributed by atoms with Gasteiger partial charge < -0.3 is 24.3 Å². The number of esters is 2. The zero-order valence-corrected chi connectivity index (χ0v) is 20.2. The summed E-state index contributed by atoms with van der Waals surface area (Å²) in [5.41, 5.74) is 2.24. The largest absolute Gasteiger partial charge is 0.461 e. The molecular weight excluding hydrogens is 457 g/mol. The molecule has 0 saturated carbocycles. The number of nitrogens with one attached hydrogen (secondary N) is 1. The van der Waals surface area contributed by atoms with Crippen molar-refractivity contribution in [3.8, 4) is 16.9 Å². The summed E-state index contributed by atoms with van der Waals surface area (Å²) < 4.78 is 36.7. The maximum absolute atomic E-state index is 14.0. The fourth-order valence-corrected chi connectivity index (χ4v) is 3.98. The Hall–Kier alpha value is -3.46. The Balaban J connectivity index is 1.91. The van der Waals surface area contributed by atoms with Crippen LogP contribution in [0, 0.1) is 11.7 Å². The molecule has 0 radical (unpaired) electrons. The van der Waals surface area contributed by atoms with Crippen molar-refractivity contribution in [1.29, 1.82) is 0 Å². The highest BCUT2D eigenvalue weighted by Gasteiger charge is 2.44. The van der Waals surface area contributed by atoms with Gasteiger partial charge in [0.2, 0.25) is 18.3 Å². The minimum Gasteiger partial charge on any atom is -0.461 e. The highest BCUT2D eigenvalue weighted by molar-refractivity contribution is 5.73. The van der Waals surface area contributed by atoms with Crippen molar-refractivity contribution in [3.05, 3.63) is 53.8 Å². The van der Waals surface area contributed by atoms with Crippen LogP contribution in [0.1, 0.15) is 33.3 Å². The van der Waals surface area contributed by atoms with E-state index in [0.717, 1.165) is 11.1 Å². The van der Waals surface area contributed by atoms with Crippen molar-refractivity contribution in [2.24, 2.45) is 5.92 Å². The van der Waals surface area contributed by atoms with E-state index < -0.39 is 30.4 Å². The second kappa shape index (κ2) is 11.8. The van der Waals surface area contributed by atoms with E-state index in [0.29, 0.717) is 24.3 Å². The minimum absolute atomic E-state index is 0.139. The molecule has 0 spiro atoms. The maximum Gasteiger partial charge on any atom is 0.303 e. The number of carbonyl (C=O) groups is 3. The third-order valence-corrected chi connectivity index (χ3v) is 5.52. The second-order valence-corrected chi connectivity index (χ2v) is 8.51. The molecule has 2 aromatic carbocycles. The molecule has 2 aromatic rings. The lowest BCUT2D eigenvalue weighted by molar-refractivity contribution is -0.243. The first-order valence-electron chi connectivity index (χ1n) is 11.4. The smallest absolute Gasteiger partial charge is 0.303 e. The van der Waals surface area contributed by atoms with Gasteiger partial charge in [-0.05, 0) is 47.4 Å². The van der Waals surface area contributed by atoms with E-state index in [-0.39, 0.29) is 24.2 Å². The average molecular weight is 488 g/mol. The summed E-state index contributed by atoms with van der Waals surface area (Å²) in [5, 5.41) is 2.76. The molecular formula is C26H30FNO7. The first kappa shape index (κ1) is 26.2. The van der Waals surface area contributed by atoms with Gasteiger partial charge in [0.15, 0.2) is 0 Å². The van der Waals surface area contributed by atoms with Crippen LogP contribution in [-0.4, -0.2) is 49.5 Å². The first-order chi connectivity index (χ1) is 16.6. The minimum atomic E-state index is -1.02. The molecule has 1 aliphatic rings. The molecule has 1 N–H and O–H groups in total. The number of hydrogen-bond acceptors (Lipinski definition) is 7. The Labute approximate surface area is 203 Å². The van der Waals surface area contributed by atoms with Gasteiger partial charge in [0.05, 0.1) is 6.61 Å². The lowest BCUT2D eigenvalue weighted by Gasteiger charge is -2.39. The summed E-state index contributed by atoms with van der Waals surface area (Å²) in [6, 6.07) is 11.5. The van der Waals surface area contributed by atoms with Crippen LogP contribution in [0.4, 0.5) is 4.39 Å². The zero-order valence-electron chi connectivity index (χ0n) is 20.2. The van der Waals surface area contributed by atoms with Crippen molar-refractivity contribution < 1.29 is 37.7 Å². The Morgan fingerprint density at radius 3 is 2.40 bits per heavy atom. The lowest BCUT2D eigenvalue weighted by atomic mass is 9.96. The highest BCUT2D eigenvalue weighted by atomic mass is 19.1. The molecule has 1 heterocycles. The van der Waals surface area contributed by atoms with Crippen molar-refractivity contribution in [2.75, 3.05) is 13.2 Å². The summed E-state index contributed by atoms with van der Waals surface area (Å²) in [5.74, 6) is -1.41. The number of rotatable bonds is 8. The molecule has 0 bridgehead atoms. The molecule has 0 aromatic heterocycles. The highest BCUT2D eigenvalue weighted by Crippen LogP contribution is 2.32. The Kier molecular flexibility index (Phi) is 8.81. The van der Waals surface area contributed by atoms with E-state index in [1.54, 1.807) is 24.3 Å². The van der Waals surface area contributed by atoms with E-state index in [2.05, 4.69) is 5.32 Å². The van der Waals surface area contributed by atoms with Crippen LogP contribution >= 0.6 is 0 Å². The van der Waals surface area contributed by atoms with Gasteiger partial charge in [-0.15, -0.1) is 0 Å². The van der Waals surface area contributed by atoms with Gasteiger partial charge in [-0.25, -0.2) is 4.39 Å². The number of amides is 1. The predicted molar refractivity (Wildman–Crippen MR) is 125 cm³/mol. The van der Waals surface area contributed by atoms with Crippen LogP contribution < -0.4 is 10.1 Å². The quantitative estimate of drug-likeness (QED) is 0.570. The molecule has 9 heteroatoms. The molecule has 3 rings (SSSR count). The van der Waals surface area contributed by atoms with Gasteiger partial charge in [0, 0.05) is 33.2 Å². The van der Waals surface area contributed by atoms with Crippen LogP contribution in [0.2, 0.25) is 0 Å². The molecule has 1 unspecified atom stereocenters. The zero-order chi connectivity index (χ0) is 25.5. The Morgan fingerprint density at radius 1 is 1.03 bits per heavy atom. The fraction of sp³-hybridized carbons (Fsp3) is 0.423. The van der Waals surface area contributed by atoms with Crippen molar-refractivity contribution in [3.63, 3.8) is 0 Å². The Bertz CT molecular complexity index is 1070. The van der Waals surface area contributed by atoms with Crippen LogP contribution in [0.15, 0.2) is 42.5 Å². The topological polar surface area (TPSA) is 100 Å². The van der Waals surface area contributed by atoms with E-state index in [9.17, 15) is 18.8 Å². The van der Waals surface area contributed by atoms with Crippen molar-refractivity contribution in [2.45, 2.75) is 52.6 Å². The monoisotopic (exact) mass is 487 g/mol. The van der Waals surface area contributed by atoms with Gasteiger partial charge in [0.1, 0.15) is 17.7 Å². The van der Waals surface area contributed by atoms with Crippen LogP contribution in [0.5, 0.6) is 5.75 Å². The third-order valence-electron chi connectivity index (χ3n) is 5.52. The molecule has 1 fully saturated rings. The molecule has 8 nitrogen and oxygen atoms in total. The van der Waals surface area contributed by atoms with Crippen LogP contribution in [0.3, 0.4) is 0 Å². The maximum atomic E-state index is 14.0. The van der Waals surface area contributed by atoms with E-state index >= 15 is 0 Å². The van der Waals surface area contributed by atoms with Crippen LogP contribution in [0.25, 0.3) is 11.1 Å². The van der Waals surface area contributed by atoms with Gasteiger partial charge in [-0.2, -0.15) is 0 Å². The predicted octanol–water partition coefficient (Wildman–Crippen LogP) is 3.41. The molecule has 188 valence electrons. The molecule has 35 heavy (non-hydrogen) atoms. The SMILES string of the molecule is CC(=O)NCCc1ccc(OC2OC[C@H](C)[C@@H](OC(C)=O)[C@@H]2OC(C)=O)cc1-c1cccc(F)c1. The molecule has 1 aliphatic heterocycles. The summed E-state index contributed by atoms with van der Waals surface area (Å²) in [4.78, 5) is 34.7. The molecule has 0 aliphatic carbocycles. The van der Waals surface area contributed by atoms with E-state index in [4.69, 9.17) is 18.9 Å². The lowest BCUT2D eigenvalue weighted by Crippen LogP contribution is -2.55. The van der Waals surface area contributed by atoms with Gasteiger partial charge >= 0.3 is 11.9 Å². The van der Waals surface area contributed by atoms with E-state index in [1.165, 1.54) is 32.9 Å². The number of ether oxygens (including phenoxy) is 4. The second-order valence-electron chi connectivity index (χ2n) is 8.51. The van der Waals surface area contributed by atoms with Crippen molar-refractivity contribution >= 4 is 17.8 Å². The standard InChI is InChI=1S/C26H30FNO7/c1-15-14-32-26(25(34-18(4)31)24(15)33-17(3)30)35-22-9-8-19(10-11-28-16(2)29)23(13-22)20-6-5-7-21(27)12-20/h5-9,12-13,15,24-26H,10-11,14H2,1-4H3,(H,28,29)/t15-,24+,25-,26?/m0/s1. The summed E-state index contributed by atoms with van der Waals surface area (Å²) in [6.07, 6.45) is -2.22.